The molecular formula is C13H11Cl2NO3S2. The van der Waals surface area contributed by atoms with Crippen molar-refractivity contribution in [3.8, 4) is 0 Å². The predicted octanol–water partition coefficient (Wildman–Crippen LogP) is 3.69. The fraction of sp³-hybridized carbons (Fsp3) is 0.231. The second-order valence-electron chi connectivity index (χ2n) is 4.64. The van der Waals surface area contributed by atoms with Gasteiger partial charge >= 0.3 is 0 Å². The molecule has 2 heterocycles. The molecule has 1 unspecified atom stereocenters. The minimum Gasteiger partial charge on any atom is -0.388 e. The van der Waals surface area contributed by atoms with E-state index in [-0.39, 0.29) is 10.8 Å². The molecule has 0 radical (unpaired) electrons. The van der Waals surface area contributed by atoms with Gasteiger partial charge in [-0.05, 0) is 36.8 Å². The minimum atomic E-state index is -3.68. The van der Waals surface area contributed by atoms with Gasteiger partial charge in [-0.1, -0.05) is 23.2 Å². The molecular weight excluding hydrogens is 353 g/mol. The lowest BCUT2D eigenvalue weighted by Crippen LogP contribution is -2.36. The molecule has 1 aromatic carbocycles. The van der Waals surface area contributed by atoms with E-state index in [1.165, 1.54) is 10.4 Å². The van der Waals surface area contributed by atoms with Gasteiger partial charge in [0.15, 0.2) is 0 Å². The summed E-state index contributed by atoms with van der Waals surface area (Å²) < 4.78 is 27.3. The molecule has 0 saturated carbocycles. The largest absolute Gasteiger partial charge is 0.388 e. The fourth-order valence-corrected chi connectivity index (χ4v) is 5.61. The highest BCUT2D eigenvalue weighted by atomic mass is 35.5. The molecule has 0 fully saturated rings. The van der Waals surface area contributed by atoms with Crippen LogP contribution < -0.4 is 4.31 Å². The third-order valence-corrected chi connectivity index (χ3v) is 7.06. The van der Waals surface area contributed by atoms with Crippen molar-refractivity contribution in [1.82, 2.24) is 0 Å². The lowest BCUT2D eigenvalue weighted by molar-refractivity contribution is 0.166. The van der Waals surface area contributed by atoms with Crippen molar-refractivity contribution in [2.45, 2.75) is 16.7 Å². The molecule has 21 heavy (non-hydrogen) atoms. The molecule has 2 aromatic rings. The molecule has 0 aliphatic carbocycles. The summed E-state index contributed by atoms with van der Waals surface area (Å²) in [5.41, 5.74) is 0.989. The van der Waals surface area contributed by atoms with Crippen LogP contribution in [0.15, 0.2) is 34.5 Å². The Labute approximate surface area is 136 Å². The molecule has 112 valence electrons. The van der Waals surface area contributed by atoms with E-state index in [0.717, 1.165) is 11.3 Å². The van der Waals surface area contributed by atoms with E-state index in [4.69, 9.17) is 23.2 Å². The topological polar surface area (TPSA) is 57.6 Å². The average molecular weight is 364 g/mol. The van der Waals surface area contributed by atoms with Gasteiger partial charge in [0.25, 0.3) is 10.0 Å². The minimum absolute atomic E-state index is 0.185. The lowest BCUT2D eigenvalue weighted by atomic mass is 10.0. The second kappa shape index (κ2) is 5.44. The SMILES string of the molecule is O=S(=O)(c1ccc(Cl)s1)N1CCC(O)c2cc(Cl)ccc21. The van der Waals surface area contributed by atoms with Crippen molar-refractivity contribution in [3.05, 3.63) is 45.3 Å². The number of anilines is 1. The second-order valence-corrected chi connectivity index (χ2v) is 8.88. The standard InChI is InChI=1S/C13H11Cl2NO3S2/c14-8-1-2-10-9(7-8)11(17)5-6-16(10)21(18,19)13-4-3-12(15)20-13/h1-4,7,11,17H,5-6H2. The maximum absolute atomic E-state index is 12.7. The number of nitrogens with zero attached hydrogens (tertiary/aromatic N) is 1. The van der Waals surface area contributed by atoms with Gasteiger partial charge in [-0.3, -0.25) is 4.31 Å². The van der Waals surface area contributed by atoms with Crippen LogP contribution in [-0.4, -0.2) is 20.1 Å². The average Bonchev–Trinajstić information content (AvgIpc) is 2.87. The molecule has 1 aliphatic rings. The van der Waals surface area contributed by atoms with Crippen molar-refractivity contribution in [2.24, 2.45) is 0 Å². The van der Waals surface area contributed by atoms with E-state index in [1.807, 2.05) is 0 Å². The van der Waals surface area contributed by atoms with Gasteiger partial charge in [0.1, 0.15) is 4.21 Å². The number of aliphatic hydroxyl groups is 1. The number of aliphatic hydroxyl groups excluding tert-OH is 1. The van der Waals surface area contributed by atoms with Crippen molar-refractivity contribution >= 4 is 50.2 Å². The van der Waals surface area contributed by atoms with Crippen LogP contribution in [0.3, 0.4) is 0 Å². The van der Waals surface area contributed by atoms with E-state index < -0.39 is 16.1 Å². The summed E-state index contributed by atoms with van der Waals surface area (Å²) >= 11 is 12.8. The molecule has 0 bridgehead atoms. The Morgan fingerprint density at radius 2 is 2.00 bits per heavy atom. The van der Waals surface area contributed by atoms with Gasteiger partial charge in [-0.15, -0.1) is 11.3 Å². The Morgan fingerprint density at radius 3 is 2.67 bits per heavy atom. The van der Waals surface area contributed by atoms with Crippen LogP contribution in [0.2, 0.25) is 9.36 Å². The van der Waals surface area contributed by atoms with Gasteiger partial charge in [-0.2, -0.15) is 0 Å². The zero-order chi connectivity index (χ0) is 15.2. The van der Waals surface area contributed by atoms with E-state index in [9.17, 15) is 13.5 Å². The van der Waals surface area contributed by atoms with Gasteiger partial charge in [0.2, 0.25) is 0 Å². The van der Waals surface area contributed by atoms with E-state index in [2.05, 4.69) is 0 Å². The number of rotatable bonds is 2. The van der Waals surface area contributed by atoms with Crippen LogP contribution in [0.1, 0.15) is 18.1 Å². The van der Waals surface area contributed by atoms with Crippen LogP contribution in [0.5, 0.6) is 0 Å². The molecule has 1 N–H and O–H groups in total. The van der Waals surface area contributed by atoms with E-state index in [1.54, 1.807) is 24.3 Å². The summed E-state index contributed by atoms with van der Waals surface area (Å²) in [6, 6.07) is 7.88. The maximum Gasteiger partial charge on any atom is 0.273 e. The molecule has 0 amide bonds. The third kappa shape index (κ3) is 2.66. The summed E-state index contributed by atoms with van der Waals surface area (Å²) in [6.07, 6.45) is -0.386. The zero-order valence-electron chi connectivity index (χ0n) is 10.7. The number of fused-ring (bicyclic) bond motifs is 1. The van der Waals surface area contributed by atoms with Crippen molar-refractivity contribution in [3.63, 3.8) is 0 Å². The predicted molar refractivity (Wildman–Crippen MR) is 84.9 cm³/mol. The summed E-state index contributed by atoms with van der Waals surface area (Å²) in [5.74, 6) is 0. The van der Waals surface area contributed by atoms with Crippen molar-refractivity contribution in [1.29, 1.82) is 0 Å². The maximum atomic E-state index is 12.7. The van der Waals surface area contributed by atoms with Crippen LogP contribution in [-0.2, 0) is 10.0 Å². The quantitative estimate of drug-likeness (QED) is 0.884. The van der Waals surface area contributed by atoms with Gasteiger partial charge in [0, 0.05) is 17.1 Å². The summed E-state index contributed by atoms with van der Waals surface area (Å²) in [6.45, 7) is 0.216. The van der Waals surface area contributed by atoms with Crippen LogP contribution in [0, 0.1) is 0 Å². The highest BCUT2D eigenvalue weighted by Gasteiger charge is 2.33. The van der Waals surface area contributed by atoms with Gasteiger partial charge < -0.3 is 5.11 Å². The number of hydrogen-bond acceptors (Lipinski definition) is 4. The first-order chi connectivity index (χ1) is 9.89. The van der Waals surface area contributed by atoms with E-state index >= 15 is 0 Å². The van der Waals surface area contributed by atoms with Gasteiger partial charge in [-0.25, -0.2) is 8.42 Å². The summed E-state index contributed by atoms with van der Waals surface area (Å²) in [7, 11) is -3.68. The number of sulfonamides is 1. The molecule has 1 atom stereocenters. The summed E-state index contributed by atoms with van der Waals surface area (Å²) in [4.78, 5) is 0. The Kier molecular flexibility index (Phi) is 3.92. The van der Waals surface area contributed by atoms with Crippen molar-refractivity contribution < 1.29 is 13.5 Å². The number of halogens is 2. The van der Waals surface area contributed by atoms with Crippen LogP contribution in [0.4, 0.5) is 5.69 Å². The van der Waals surface area contributed by atoms with Crippen LogP contribution >= 0.6 is 34.5 Å². The molecule has 4 nitrogen and oxygen atoms in total. The Morgan fingerprint density at radius 1 is 1.24 bits per heavy atom. The lowest BCUT2D eigenvalue weighted by Gasteiger charge is -2.32. The Balaban J connectivity index is 2.11. The number of hydrogen-bond donors (Lipinski definition) is 1. The Hall–Kier alpha value is -0.790. The molecule has 1 aliphatic heterocycles. The first-order valence-electron chi connectivity index (χ1n) is 6.15. The fourth-order valence-electron chi connectivity index (χ4n) is 2.33. The smallest absolute Gasteiger partial charge is 0.273 e. The third-order valence-electron chi connectivity index (χ3n) is 3.32. The molecule has 3 rings (SSSR count). The molecule has 8 heteroatoms. The molecule has 1 aromatic heterocycles. The Bertz CT molecular complexity index is 788. The highest BCUT2D eigenvalue weighted by molar-refractivity contribution is 7.94. The monoisotopic (exact) mass is 363 g/mol. The highest BCUT2D eigenvalue weighted by Crippen LogP contribution is 2.39. The molecule has 0 spiro atoms. The molecule has 0 saturated heterocycles. The van der Waals surface area contributed by atoms with E-state index in [0.29, 0.717) is 27.0 Å². The van der Waals surface area contributed by atoms with Gasteiger partial charge in [0.05, 0.1) is 16.1 Å². The number of thiophene rings is 1. The first-order valence-corrected chi connectivity index (χ1v) is 9.16. The first kappa shape index (κ1) is 15.1. The van der Waals surface area contributed by atoms with Crippen molar-refractivity contribution in [2.75, 3.05) is 10.8 Å². The summed E-state index contributed by atoms with van der Waals surface area (Å²) in [5, 5.41) is 10.5. The van der Waals surface area contributed by atoms with Crippen LogP contribution in [0.25, 0.3) is 0 Å². The number of benzene rings is 1. The zero-order valence-corrected chi connectivity index (χ0v) is 13.8. The normalized spacial score (nSPS) is 18.6.